The molecule has 0 aliphatic heterocycles. The SMILES string of the molecule is C=C(CC(OO)C(C)(C)C)C(=O)OC. The molecule has 0 aromatic rings. The highest BCUT2D eigenvalue weighted by molar-refractivity contribution is 5.87. The zero-order chi connectivity index (χ0) is 11.4. The van der Waals surface area contributed by atoms with Crippen molar-refractivity contribution in [3.05, 3.63) is 12.2 Å². The molecule has 0 radical (unpaired) electrons. The molecular weight excluding hydrogens is 184 g/mol. The molecule has 1 N–H and O–H groups in total. The highest BCUT2D eigenvalue weighted by Gasteiger charge is 2.28. The van der Waals surface area contributed by atoms with Crippen molar-refractivity contribution in [3.63, 3.8) is 0 Å². The molecule has 82 valence electrons. The minimum absolute atomic E-state index is 0.257. The standard InChI is InChI=1S/C10H18O4/c1-7(9(11)13-5)6-8(14-12)10(2,3)4/h8,12H,1,6H2,2-5H3. The van der Waals surface area contributed by atoms with Crippen molar-refractivity contribution in [2.75, 3.05) is 7.11 Å². The second kappa shape index (κ2) is 5.12. The highest BCUT2D eigenvalue weighted by atomic mass is 17.1. The molecule has 1 unspecified atom stereocenters. The maximum Gasteiger partial charge on any atom is 0.333 e. The van der Waals surface area contributed by atoms with Gasteiger partial charge < -0.3 is 4.74 Å². The summed E-state index contributed by atoms with van der Waals surface area (Å²) in [7, 11) is 1.29. The van der Waals surface area contributed by atoms with Crippen molar-refractivity contribution < 1.29 is 19.7 Å². The number of ether oxygens (including phenoxy) is 1. The van der Waals surface area contributed by atoms with Crippen molar-refractivity contribution in [3.8, 4) is 0 Å². The average Bonchev–Trinajstić information content (AvgIpc) is 2.10. The van der Waals surface area contributed by atoms with Crippen LogP contribution in [0, 0.1) is 5.41 Å². The molecule has 0 saturated carbocycles. The van der Waals surface area contributed by atoms with Crippen LogP contribution in [-0.4, -0.2) is 24.4 Å². The van der Waals surface area contributed by atoms with Crippen LogP contribution in [-0.2, 0) is 14.4 Å². The van der Waals surface area contributed by atoms with Crippen LogP contribution in [0.3, 0.4) is 0 Å². The number of hydrogen-bond acceptors (Lipinski definition) is 4. The van der Waals surface area contributed by atoms with E-state index in [1.807, 2.05) is 20.8 Å². The Hall–Kier alpha value is -0.870. The van der Waals surface area contributed by atoms with Gasteiger partial charge in [0.1, 0.15) is 6.10 Å². The number of esters is 1. The first kappa shape index (κ1) is 13.1. The number of carbonyl (C=O) groups excluding carboxylic acids is 1. The van der Waals surface area contributed by atoms with Gasteiger partial charge in [0.25, 0.3) is 0 Å². The summed E-state index contributed by atoms with van der Waals surface area (Å²) in [6.45, 7) is 9.26. The number of hydrogen-bond donors (Lipinski definition) is 1. The Labute approximate surface area is 84.4 Å². The molecule has 0 aliphatic carbocycles. The third-order valence-corrected chi connectivity index (χ3v) is 2.00. The Morgan fingerprint density at radius 2 is 2.00 bits per heavy atom. The molecule has 0 aliphatic rings. The van der Waals surface area contributed by atoms with Gasteiger partial charge in [-0.15, -0.1) is 0 Å². The van der Waals surface area contributed by atoms with E-state index in [1.54, 1.807) is 0 Å². The number of rotatable bonds is 4. The Balaban J connectivity index is 4.34. The first-order valence-electron chi connectivity index (χ1n) is 4.39. The van der Waals surface area contributed by atoms with Gasteiger partial charge in [-0.3, -0.25) is 5.26 Å². The minimum Gasteiger partial charge on any atom is -0.466 e. The van der Waals surface area contributed by atoms with Crippen molar-refractivity contribution >= 4 is 5.97 Å². The third kappa shape index (κ3) is 3.89. The highest BCUT2D eigenvalue weighted by Crippen LogP contribution is 2.26. The normalized spacial score (nSPS) is 13.5. The topological polar surface area (TPSA) is 55.8 Å². The predicted octanol–water partition coefficient (Wildman–Crippen LogP) is 2.01. The summed E-state index contributed by atoms with van der Waals surface area (Å²) >= 11 is 0. The van der Waals surface area contributed by atoms with Gasteiger partial charge >= 0.3 is 5.97 Å². The molecule has 0 saturated heterocycles. The van der Waals surface area contributed by atoms with Crippen LogP contribution in [0.2, 0.25) is 0 Å². The summed E-state index contributed by atoms with van der Waals surface area (Å²) in [6.07, 6.45) is -0.207. The zero-order valence-corrected chi connectivity index (χ0v) is 9.16. The summed E-state index contributed by atoms with van der Waals surface area (Å²) in [5.41, 5.74) is 0.0348. The van der Waals surface area contributed by atoms with E-state index in [9.17, 15) is 4.79 Å². The first-order valence-corrected chi connectivity index (χ1v) is 4.39. The first-order chi connectivity index (χ1) is 6.32. The van der Waals surface area contributed by atoms with Crippen molar-refractivity contribution in [1.29, 1.82) is 0 Å². The molecular formula is C10H18O4. The Bertz CT molecular complexity index is 215. The Morgan fingerprint density at radius 3 is 2.29 bits per heavy atom. The summed E-state index contributed by atoms with van der Waals surface area (Å²) in [5.74, 6) is -0.476. The molecule has 0 aromatic carbocycles. The van der Waals surface area contributed by atoms with Crippen molar-refractivity contribution in [2.45, 2.75) is 33.3 Å². The van der Waals surface area contributed by atoms with Crippen LogP contribution in [0.1, 0.15) is 27.2 Å². The van der Waals surface area contributed by atoms with Crippen molar-refractivity contribution in [1.82, 2.24) is 0 Å². The summed E-state index contributed by atoms with van der Waals surface area (Å²) < 4.78 is 4.49. The lowest BCUT2D eigenvalue weighted by Crippen LogP contribution is -2.29. The Morgan fingerprint density at radius 1 is 1.50 bits per heavy atom. The largest absolute Gasteiger partial charge is 0.466 e. The van der Waals surface area contributed by atoms with E-state index in [-0.39, 0.29) is 11.8 Å². The van der Waals surface area contributed by atoms with Crippen molar-refractivity contribution in [2.24, 2.45) is 5.41 Å². The maximum atomic E-state index is 11.0. The van der Waals surface area contributed by atoms with Gasteiger partial charge in [0.05, 0.1) is 7.11 Å². The number of methoxy groups -OCH3 is 1. The van der Waals surface area contributed by atoms with Gasteiger partial charge in [-0.2, -0.15) is 0 Å². The molecule has 0 heterocycles. The summed E-state index contributed by atoms with van der Waals surface area (Å²) in [4.78, 5) is 15.3. The molecule has 0 amide bonds. The third-order valence-electron chi connectivity index (χ3n) is 2.00. The average molecular weight is 202 g/mol. The monoisotopic (exact) mass is 202 g/mol. The quantitative estimate of drug-likeness (QED) is 0.328. The molecule has 0 spiro atoms. The lowest BCUT2D eigenvalue weighted by atomic mass is 9.85. The molecule has 0 fully saturated rings. The maximum absolute atomic E-state index is 11.0. The van der Waals surface area contributed by atoms with E-state index in [2.05, 4.69) is 16.2 Å². The predicted molar refractivity (Wildman–Crippen MR) is 52.7 cm³/mol. The van der Waals surface area contributed by atoms with E-state index in [0.29, 0.717) is 5.57 Å². The van der Waals surface area contributed by atoms with Gasteiger partial charge in [0, 0.05) is 12.0 Å². The van der Waals surface area contributed by atoms with Crippen LogP contribution in [0.15, 0.2) is 12.2 Å². The second-order valence-electron chi connectivity index (χ2n) is 4.26. The van der Waals surface area contributed by atoms with E-state index < -0.39 is 12.1 Å². The molecule has 1 atom stereocenters. The molecule has 0 aromatic heterocycles. The van der Waals surface area contributed by atoms with E-state index in [1.165, 1.54) is 7.11 Å². The van der Waals surface area contributed by atoms with E-state index >= 15 is 0 Å². The van der Waals surface area contributed by atoms with E-state index in [4.69, 9.17) is 5.26 Å². The second-order valence-corrected chi connectivity index (χ2v) is 4.26. The fourth-order valence-electron chi connectivity index (χ4n) is 0.953. The molecule has 14 heavy (non-hydrogen) atoms. The van der Waals surface area contributed by atoms with Crippen LogP contribution in [0.25, 0.3) is 0 Å². The smallest absolute Gasteiger partial charge is 0.333 e. The van der Waals surface area contributed by atoms with Gasteiger partial charge in [0.15, 0.2) is 0 Å². The fourth-order valence-corrected chi connectivity index (χ4v) is 0.953. The van der Waals surface area contributed by atoms with Gasteiger partial charge in [0.2, 0.25) is 0 Å². The van der Waals surface area contributed by atoms with Gasteiger partial charge in [-0.05, 0) is 5.41 Å². The van der Waals surface area contributed by atoms with Crippen LogP contribution in [0.5, 0.6) is 0 Å². The van der Waals surface area contributed by atoms with Crippen LogP contribution in [0.4, 0.5) is 0 Å². The van der Waals surface area contributed by atoms with Gasteiger partial charge in [-0.1, -0.05) is 27.4 Å². The summed E-state index contributed by atoms with van der Waals surface area (Å²) in [6, 6.07) is 0. The summed E-state index contributed by atoms with van der Waals surface area (Å²) in [5, 5.41) is 8.67. The van der Waals surface area contributed by atoms with Gasteiger partial charge in [-0.25, -0.2) is 9.68 Å². The lowest BCUT2D eigenvalue weighted by Gasteiger charge is -2.27. The fraction of sp³-hybridized carbons (Fsp3) is 0.700. The van der Waals surface area contributed by atoms with Crippen LogP contribution < -0.4 is 0 Å². The van der Waals surface area contributed by atoms with Crippen LogP contribution >= 0.6 is 0 Å². The zero-order valence-electron chi connectivity index (χ0n) is 9.16. The lowest BCUT2D eigenvalue weighted by molar-refractivity contribution is -0.298. The molecule has 4 nitrogen and oxygen atoms in total. The number of carbonyl (C=O) groups is 1. The molecule has 0 bridgehead atoms. The van der Waals surface area contributed by atoms with E-state index in [0.717, 1.165) is 0 Å². The molecule has 4 heteroatoms. The Kier molecular flexibility index (Phi) is 4.80. The molecule has 0 rings (SSSR count). The minimum atomic E-state index is -0.476.